The third kappa shape index (κ3) is 7.24. The van der Waals surface area contributed by atoms with Crippen molar-refractivity contribution >= 4 is 6.16 Å². The highest BCUT2D eigenvalue weighted by Crippen LogP contribution is 2.00. The zero-order valence-electron chi connectivity index (χ0n) is 7.05. The quantitative estimate of drug-likeness (QED) is 0.625. The van der Waals surface area contributed by atoms with E-state index in [-0.39, 0.29) is 12.7 Å². The predicted molar refractivity (Wildman–Crippen MR) is 38.2 cm³/mol. The molecular formula is C7H12F2O3. The van der Waals surface area contributed by atoms with Crippen LogP contribution in [0.5, 0.6) is 0 Å². The maximum Gasteiger partial charge on any atom is 0.508 e. The fraction of sp³-hybridized carbons (Fsp3) is 0.857. The van der Waals surface area contributed by atoms with Crippen LogP contribution in [-0.4, -0.2) is 25.3 Å². The van der Waals surface area contributed by atoms with Gasteiger partial charge in [-0.1, -0.05) is 0 Å². The molecule has 0 spiro atoms. The van der Waals surface area contributed by atoms with E-state index in [0.717, 1.165) is 0 Å². The average Bonchev–Trinajstić information content (AvgIpc) is 1.84. The zero-order chi connectivity index (χ0) is 9.56. The van der Waals surface area contributed by atoms with Crippen molar-refractivity contribution in [3.8, 4) is 0 Å². The van der Waals surface area contributed by atoms with Gasteiger partial charge in [-0.05, 0) is 13.8 Å². The van der Waals surface area contributed by atoms with Gasteiger partial charge in [0.15, 0.2) is 0 Å². The Hall–Kier alpha value is -0.870. The standard InChI is InChI=1S/C7H12F2O3/c1-5(2)12-7(10)11-4-3-6(8)9/h5-6H,3-4H2,1-2H3. The van der Waals surface area contributed by atoms with Gasteiger partial charge in [0, 0.05) is 6.42 Å². The Balaban J connectivity index is 3.32. The van der Waals surface area contributed by atoms with E-state index in [1.807, 2.05) is 0 Å². The van der Waals surface area contributed by atoms with E-state index in [1.54, 1.807) is 13.8 Å². The monoisotopic (exact) mass is 182 g/mol. The number of ether oxygens (including phenoxy) is 2. The fourth-order valence-electron chi connectivity index (χ4n) is 0.458. The lowest BCUT2D eigenvalue weighted by Crippen LogP contribution is -2.14. The lowest BCUT2D eigenvalue weighted by atomic mass is 10.5. The minimum atomic E-state index is -2.45. The number of carbonyl (C=O) groups excluding carboxylic acids is 1. The third-order valence-corrected chi connectivity index (χ3v) is 0.888. The maximum atomic E-state index is 11.5. The van der Waals surface area contributed by atoms with Crippen molar-refractivity contribution in [3.05, 3.63) is 0 Å². The van der Waals surface area contributed by atoms with E-state index in [4.69, 9.17) is 0 Å². The van der Waals surface area contributed by atoms with E-state index < -0.39 is 19.0 Å². The summed E-state index contributed by atoms with van der Waals surface area (Å²) in [5.74, 6) is 0. The summed E-state index contributed by atoms with van der Waals surface area (Å²) < 4.78 is 31.9. The number of alkyl halides is 2. The summed E-state index contributed by atoms with van der Waals surface area (Å²) in [5, 5.41) is 0. The molecule has 0 heterocycles. The minimum Gasteiger partial charge on any atom is -0.434 e. The number of rotatable bonds is 4. The van der Waals surface area contributed by atoms with Gasteiger partial charge in [-0.25, -0.2) is 13.6 Å². The largest absolute Gasteiger partial charge is 0.508 e. The minimum absolute atomic E-state index is 0.288. The predicted octanol–water partition coefficient (Wildman–Crippen LogP) is 2.20. The number of hydrogen-bond acceptors (Lipinski definition) is 3. The Labute approximate surface area is 69.6 Å². The van der Waals surface area contributed by atoms with Gasteiger partial charge >= 0.3 is 6.16 Å². The SMILES string of the molecule is CC(C)OC(=O)OCCC(F)F. The Morgan fingerprint density at radius 3 is 2.42 bits per heavy atom. The summed E-state index contributed by atoms with van der Waals surface area (Å²) in [6, 6.07) is 0. The Bertz CT molecular complexity index is 137. The van der Waals surface area contributed by atoms with Crippen molar-refractivity contribution < 1.29 is 23.0 Å². The van der Waals surface area contributed by atoms with Crippen molar-refractivity contribution in [1.82, 2.24) is 0 Å². The first-order valence-corrected chi connectivity index (χ1v) is 3.64. The molecule has 0 amide bonds. The number of carbonyl (C=O) groups is 1. The second kappa shape index (κ2) is 5.74. The molecule has 0 saturated heterocycles. The molecule has 0 aromatic rings. The van der Waals surface area contributed by atoms with E-state index in [9.17, 15) is 13.6 Å². The molecule has 0 aromatic heterocycles. The molecule has 0 atom stereocenters. The number of hydrogen-bond donors (Lipinski definition) is 0. The van der Waals surface area contributed by atoms with E-state index in [0.29, 0.717) is 0 Å². The number of halogens is 2. The van der Waals surface area contributed by atoms with Crippen molar-refractivity contribution in [2.45, 2.75) is 32.8 Å². The highest BCUT2D eigenvalue weighted by Gasteiger charge is 2.08. The summed E-state index contributed by atoms with van der Waals surface area (Å²) in [6.45, 7) is 2.99. The van der Waals surface area contributed by atoms with Gasteiger partial charge in [-0.3, -0.25) is 0 Å². The van der Waals surface area contributed by atoms with Crippen LogP contribution in [0.3, 0.4) is 0 Å². The van der Waals surface area contributed by atoms with Gasteiger partial charge < -0.3 is 9.47 Å². The molecule has 5 heteroatoms. The summed E-state index contributed by atoms with van der Waals surface area (Å²) in [4.78, 5) is 10.5. The summed E-state index contributed by atoms with van der Waals surface area (Å²) >= 11 is 0. The van der Waals surface area contributed by atoms with Crippen molar-refractivity contribution in [2.75, 3.05) is 6.61 Å². The van der Waals surface area contributed by atoms with Crippen LogP contribution in [0, 0.1) is 0 Å². The third-order valence-electron chi connectivity index (χ3n) is 0.888. The molecule has 0 aliphatic carbocycles. The first kappa shape index (κ1) is 11.1. The van der Waals surface area contributed by atoms with Crippen LogP contribution in [0.1, 0.15) is 20.3 Å². The van der Waals surface area contributed by atoms with Crippen LogP contribution in [0.25, 0.3) is 0 Å². The van der Waals surface area contributed by atoms with Crippen molar-refractivity contribution in [3.63, 3.8) is 0 Å². The molecule has 12 heavy (non-hydrogen) atoms. The van der Waals surface area contributed by atoms with Gasteiger partial charge in [0.1, 0.15) is 6.61 Å². The normalized spacial score (nSPS) is 10.5. The smallest absolute Gasteiger partial charge is 0.434 e. The molecule has 0 aliphatic heterocycles. The summed E-state index contributed by atoms with van der Waals surface area (Å²) in [5.41, 5.74) is 0. The molecule has 3 nitrogen and oxygen atoms in total. The molecule has 0 radical (unpaired) electrons. The van der Waals surface area contributed by atoms with Crippen molar-refractivity contribution in [1.29, 1.82) is 0 Å². The molecule has 0 bridgehead atoms. The zero-order valence-corrected chi connectivity index (χ0v) is 7.05. The average molecular weight is 182 g/mol. The van der Waals surface area contributed by atoms with E-state index >= 15 is 0 Å². The fourth-order valence-corrected chi connectivity index (χ4v) is 0.458. The summed E-state index contributed by atoms with van der Waals surface area (Å²) in [7, 11) is 0. The van der Waals surface area contributed by atoms with Gasteiger partial charge in [-0.15, -0.1) is 0 Å². The van der Waals surface area contributed by atoms with Gasteiger partial charge in [0.25, 0.3) is 0 Å². The van der Waals surface area contributed by atoms with Crippen LogP contribution in [0.4, 0.5) is 13.6 Å². The van der Waals surface area contributed by atoms with Crippen LogP contribution < -0.4 is 0 Å². The second-order valence-electron chi connectivity index (χ2n) is 2.44. The van der Waals surface area contributed by atoms with Gasteiger partial charge in [-0.2, -0.15) is 0 Å². The van der Waals surface area contributed by atoms with E-state index in [1.165, 1.54) is 0 Å². The van der Waals surface area contributed by atoms with Gasteiger partial charge in [0.2, 0.25) is 6.43 Å². The molecule has 0 fully saturated rings. The highest BCUT2D eigenvalue weighted by atomic mass is 19.3. The molecule has 0 aliphatic rings. The lowest BCUT2D eigenvalue weighted by Gasteiger charge is -2.07. The Morgan fingerprint density at radius 1 is 1.42 bits per heavy atom. The van der Waals surface area contributed by atoms with Crippen LogP contribution >= 0.6 is 0 Å². The molecule has 0 aromatic carbocycles. The molecular weight excluding hydrogens is 170 g/mol. The topological polar surface area (TPSA) is 35.5 Å². The van der Waals surface area contributed by atoms with Gasteiger partial charge in [0.05, 0.1) is 6.10 Å². The summed E-state index contributed by atoms with van der Waals surface area (Å²) in [6.07, 6.45) is -4.08. The molecule has 0 saturated carbocycles. The molecule has 72 valence electrons. The van der Waals surface area contributed by atoms with Crippen LogP contribution in [0.2, 0.25) is 0 Å². The van der Waals surface area contributed by atoms with E-state index in [2.05, 4.69) is 9.47 Å². The first-order chi connectivity index (χ1) is 5.52. The Kier molecular flexibility index (Phi) is 5.32. The highest BCUT2D eigenvalue weighted by molar-refractivity contribution is 5.59. The molecule has 0 N–H and O–H groups in total. The molecule has 0 unspecified atom stereocenters. The molecule has 0 rings (SSSR count). The first-order valence-electron chi connectivity index (χ1n) is 3.64. The second-order valence-corrected chi connectivity index (χ2v) is 2.44. The lowest BCUT2D eigenvalue weighted by molar-refractivity contribution is 0.0220. The van der Waals surface area contributed by atoms with Crippen molar-refractivity contribution in [2.24, 2.45) is 0 Å². The maximum absolute atomic E-state index is 11.5. The van der Waals surface area contributed by atoms with Crippen LogP contribution in [-0.2, 0) is 9.47 Å². The van der Waals surface area contributed by atoms with Crippen LogP contribution in [0.15, 0.2) is 0 Å². The Morgan fingerprint density at radius 2 is 2.00 bits per heavy atom.